The summed E-state index contributed by atoms with van der Waals surface area (Å²) in [6.45, 7) is 4.47. The van der Waals surface area contributed by atoms with Crippen LogP contribution in [-0.2, 0) is 4.79 Å². The summed E-state index contributed by atoms with van der Waals surface area (Å²) in [5, 5.41) is 0. The highest BCUT2D eigenvalue weighted by atomic mass is 16.5. The van der Waals surface area contributed by atoms with Gasteiger partial charge in [0.05, 0.1) is 12.1 Å². The predicted octanol–water partition coefficient (Wildman–Crippen LogP) is 3.00. The van der Waals surface area contributed by atoms with Gasteiger partial charge in [-0.25, -0.2) is 4.79 Å². The number of amides is 1. The topological polar surface area (TPSA) is 64.7 Å². The largest absolute Gasteiger partial charge is 0.491 e. The second kappa shape index (κ2) is 7.47. The lowest BCUT2D eigenvalue weighted by molar-refractivity contribution is -0.133. The molecule has 0 saturated carbocycles. The van der Waals surface area contributed by atoms with E-state index in [0.717, 1.165) is 11.3 Å². The Balaban J connectivity index is 1.67. The zero-order chi connectivity index (χ0) is 18.7. The van der Waals surface area contributed by atoms with Crippen LogP contribution in [-0.4, -0.2) is 35.6 Å². The van der Waals surface area contributed by atoms with Crippen molar-refractivity contribution in [1.29, 1.82) is 0 Å². The molecule has 1 heterocycles. The highest BCUT2D eigenvalue weighted by Crippen LogP contribution is 2.18. The predicted molar refractivity (Wildman–Crippen MR) is 99.5 cm³/mol. The second-order valence-electron chi connectivity index (χ2n) is 6.26. The van der Waals surface area contributed by atoms with E-state index in [4.69, 9.17) is 9.15 Å². The quantitative estimate of drug-likeness (QED) is 0.683. The summed E-state index contributed by atoms with van der Waals surface area (Å²) in [6.07, 6.45) is 0. The summed E-state index contributed by atoms with van der Waals surface area (Å²) < 4.78 is 12.3. The average Bonchev–Trinajstić information content (AvgIpc) is 2.97. The average molecular weight is 354 g/mol. The van der Waals surface area contributed by atoms with Crippen LogP contribution in [0.4, 0.5) is 0 Å². The van der Waals surface area contributed by atoms with Crippen LogP contribution in [0.5, 0.6) is 5.75 Å². The van der Waals surface area contributed by atoms with E-state index in [2.05, 4.69) is 0 Å². The Hall–Kier alpha value is -3.02. The molecule has 1 amide bonds. The van der Waals surface area contributed by atoms with Gasteiger partial charge in [0, 0.05) is 7.05 Å². The fraction of sp³-hybridized carbons (Fsp3) is 0.300. The number of benzene rings is 2. The Morgan fingerprint density at radius 1 is 1.19 bits per heavy atom. The molecule has 0 fully saturated rings. The minimum atomic E-state index is -0.658. The molecule has 0 bridgehead atoms. The molecule has 136 valence electrons. The van der Waals surface area contributed by atoms with E-state index in [1.165, 1.54) is 4.57 Å². The third kappa shape index (κ3) is 3.49. The van der Waals surface area contributed by atoms with Gasteiger partial charge in [-0.2, -0.15) is 0 Å². The Kier molecular flexibility index (Phi) is 5.11. The minimum Gasteiger partial charge on any atom is -0.491 e. The lowest BCUT2D eigenvalue weighted by Crippen LogP contribution is -2.38. The molecule has 0 N–H and O–H groups in total. The van der Waals surface area contributed by atoms with Gasteiger partial charge in [-0.15, -0.1) is 0 Å². The van der Waals surface area contributed by atoms with Gasteiger partial charge in [0.25, 0.3) is 0 Å². The maximum atomic E-state index is 12.7. The molecule has 0 aliphatic carbocycles. The monoisotopic (exact) mass is 354 g/mol. The van der Waals surface area contributed by atoms with Crippen LogP contribution in [0, 0.1) is 6.92 Å². The molecule has 0 aliphatic rings. The first-order valence-corrected chi connectivity index (χ1v) is 8.52. The van der Waals surface area contributed by atoms with Crippen molar-refractivity contribution >= 4 is 17.0 Å². The van der Waals surface area contributed by atoms with Gasteiger partial charge in [0.1, 0.15) is 18.4 Å². The summed E-state index contributed by atoms with van der Waals surface area (Å²) in [4.78, 5) is 26.4. The number of ether oxygens (including phenoxy) is 1. The van der Waals surface area contributed by atoms with Crippen molar-refractivity contribution in [2.45, 2.75) is 19.9 Å². The maximum Gasteiger partial charge on any atom is 0.420 e. The molecule has 6 heteroatoms. The van der Waals surface area contributed by atoms with Gasteiger partial charge < -0.3 is 14.1 Å². The number of rotatable bonds is 6. The zero-order valence-corrected chi connectivity index (χ0v) is 15.1. The molecule has 0 spiro atoms. The molecule has 1 atom stereocenters. The summed E-state index contributed by atoms with van der Waals surface area (Å²) in [7, 11) is 1.70. The van der Waals surface area contributed by atoms with Crippen molar-refractivity contribution in [3.05, 3.63) is 64.6 Å². The molecule has 3 rings (SSSR count). The third-order valence-electron chi connectivity index (χ3n) is 4.42. The molecular weight excluding hydrogens is 332 g/mol. The SMILES string of the molecule is Cc1ccccc1OCCN(C)C(=O)[C@H](C)n1c(=O)oc2ccccc21. The normalized spacial score (nSPS) is 12.1. The molecule has 2 aromatic carbocycles. The van der Waals surface area contributed by atoms with E-state index in [1.54, 1.807) is 37.1 Å². The summed E-state index contributed by atoms with van der Waals surface area (Å²) in [5.74, 6) is 0.0992. The van der Waals surface area contributed by atoms with Gasteiger partial charge in [0.15, 0.2) is 5.58 Å². The standard InChI is InChI=1S/C20H22N2O4/c1-14-8-4-6-10-17(14)25-13-12-21(3)19(23)15(2)22-16-9-5-7-11-18(16)26-20(22)24/h4-11,15H,12-13H2,1-3H3/t15-/m0/s1. The van der Waals surface area contributed by atoms with Crippen molar-refractivity contribution in [3.63, 3.8) is 0 Å². The van der Waals surface area contributed by atoms with Gasteiger partial charge in [-0.1, -0.05) is 30.3 Å². The van der Waals surface area contributed by atoms with Crippen molar-refractivity contribution in [1.82, 2.24) is 9.47 Å². The van der Waals surface area contributed by atoms with E-state index in [1.807, 2.05) is 37.3 Å². The Morgan fingerprint density at radius 3 is 2.65 bits per heavy atom. The highest BCUT2D eigenvalue weighted by Gasteiger charge is 2.23. The number of hydrogen-bond acceptors (Lipinski definition) is 4. The number of hydrogen-bond donors (Lipinski definition) is 0. The van der Waals surface area contributed by atoms with E-state index >= 15 is 0 Å². The first-order valence-electron chi connectivity index (χ1n) is 8.52. The summed E-state index contributed by atoms with van der Waals surface area (Å²) in [5.41, 5.74) is 2.14. The lowest BCUT2D eigenvalue weighted by Gasteiger charge is -2.22. The van der Waals surface area contributed by atoms with E-state index in [0.29, 0.717) is 24.3 Å². The molecule has 1 aromatic heterocycles. The molecule has 0 radical (unpaired) electrons. The molecular formula is C20H22N2O4. The van der Waals surface area contributed by atoms with Crippen LogP contribution in [0.3, 0.4) is 0 Å². The number of fused-ring (bicyclic) bond motifs is 1. The number of oxazole rings is 1. The number of carbonyl (C=O) groups excluding carboxylic acids is 1. The van der Waals surface area contributed by atoms with Gasteiger partial charge in [0.2, 0.25) is 5.91 Å². The van der Waals surface area contributed by atoms with Crippen molar-refractivity contribution in [3.8, 4) is 5.75 Å². The van der Waals surface area contributed by atoms with Crippen LogP contribution in [0.25, 0.3) is 11.1 Å². The van der Waals surface area contributed by atoms with Crippen LogP contribution in [0.15, 0.2) is 57.7 Å². The van der Waals surface area contributed by atoms with Crippen LogP contribution in [0.2, 0.25) is 0 Å². The minimum absolute atomic E-state index is 0.174. The smallest absolute Gasteiger partial charge is 0.420 e. The van der Waals surface area contributed by atoms with Gasteiger partial charge in [-0.3, -0.25) is 9.36 Å². The zero-order valence-electron chi connectivity index (χ0n) is 15.1. The van der Waals surface area contributed by atoms with Crippen LogP contribution < -0.4 is 10.5 Å². The Morgan fingerprint density at radius 2 is 1.88 bits per heavy atom. The Bertz CT molecular complexity index is 973. The molecule has 6 nitrogen and oxygen atoms in total. The van der Waals surface area contributed by atoms with Crippen LogP contribution >= 0.6 is 0 Å². The number of aromatic nitrogens is 1. The molecule has 0 unspecified atom stereocenters. The summed E-state index contributed by atoms with van der Waals surface area (Å²) >= 11 is 0. The second-order valence-corrected chi connectivity index (χ2v) is 6.26. The Labute approximate surface area is 151 Å². The lowest BCUT2D eigenvalue weighted by atomic mass is 10.2. The van der Waals surface area contributed by atoms with Gasteiger partial charge >= 0.3 is 5.76 Å². The number of likely N-dealkylation sites (N-methyl/N-ethyl adjacent to an activating group) is 1. The number of nitrogens with zero attached hydrogens (tertiary/aromatic N) is 2. The van der Waals surface area contributed by atoms with E-state index in [9.17, 15) is 9.59 Å². The van der Waals surface area contributed by atoms with Crippen LogP contribution in [0.1, 0.15) is 18.5 Å². The first kappa shape index (κ1) is 17.8. The van der Waals surface area contributed by atoms with Crippen molar-refractivity contribution < 1.29 is 13.9 Å². The molecule has 0 saturated heterocycles. The maximum absolute atomic E-state index is 12.7. The first-order chi connectivity index (χ1) is 12.5. The number of carbonyl (C=O) groups is 1. The molecule has 3 aromatic rings. The van der Waals surface area contributed by atoms with E-state index < -0.39 is 11.8 Å². The van der Waals surface area contributed by atoms with Gasteiger partial charge in [-0.05, 0) is 37.6 Å². The van der Waals surface area contributed by atoms with E-state index in [-0.39, 0.29) is 5.91 Å². The van der Waals surface area contributed by atoms with Crippen molar-refractivity contribution in [2.75, 3.05) is 20.2 Å². The third-order valence-corrected chi connectivity index (χ3v) is 4.42. The molecule has 0 aliphatic heterocycles. The fourth-order valence-electron chi connectivity index (χ4n) is 2.90. The van der Waals surface area contributed by atoms with Crippen molar-refractivity contribution in [2.24, 2.45) is 0 Å². The summed E-state index contributed by atoms with van der Waals surface area (Å²) in [6, 6.07) is 14.2. The fourth-order valence-corrected chi connectivity index (χ4v) is 2.90. The number of para-hydroxylation sites is 3. The molecule has 26 heavy (non-hydrogen) atoms. The highest BCUT2D eigenvalue weighted by molar-refractivity contribution is 5.82. The number of aryl methyl sites for hydroxylation is 1.